The molecule has 6 nitrogen and oxygen atoms in total. The molecular weight excluding hydrogens is 385 g/mol. The number of methoxy groups -OCH3 is 1. The Kier molecular flexibility index (Phi) is 7.41. The van der Waals surface area contributed by atoms with Crippen LogP contribution in [-0.4, -0.2) is 56.5 Å². The Morgan fingerprint density at radius 3 is 2.60 bits per heavy atom. The molecule has 0 bridgehead atoms. The Morgan fingerprint density at radius 1 is 1.17 bits per heavy atom. The number of rotatable bonds is 7. The highest BCUT2D eigenvalue weighted by atomic mass is 19.1. The van der Waals surface area contributed by atoms with Gasteiger partial charge in [-0.3, -0.25) is 9.59 Å². The van der Waals surface area contributed by atoms with Crippen molar-refractivity contribution in [2.24, 2.45) is 0 Å². The van der Waals surface area contributed by atoms with Crippen LogP contribution in [0.1, 0.15) is 27.9 Å². The summed E-state index contributed by atoms with van der Waals surface area (Å²) in [5.41, 5.74) is 2.39. The number of quaternary nitrogens is 1. The van der Waals surface area contributed by atoms with E-state index in [1.54, 1.807) is 19.2 Å². The van der Waals surface area contributed by atoms with E-state index in [1.165, 1.54) is 17.0 Å². The van der Waals surface area contributed by atoms with Crippen molar-refractivity contribution < 1.29 is 23.6 Å². The van der Waals surface area contributed by atoms with E-state index in [2.05, 4.69) is 5.32 Å². The van der Waals surface area contributed by atoms with Gasteiger partial charge in [0.05, 0.1) is 38.9 Å². The lowest BCUT2D eigenvalue weighted by molar-refractivity contribution is -0.917. The zero-order valence-electron chi connectivity index (χ0n) is 17.5. The van der Waals surface area contributed by atoms with Crippen molar-refractivity contribution in [1.29, 1.82) is 0 Å². The van der Waals surface area contributed by atoms with E-state index in [0.717, 1.165) is 24.2 Å². The number of piperazine rings is 1. The molecule has 1 aliphatic rings. The van der Waals surface area contributed by atoms with E-state index in [4.69, 9.17) is 4.74 Å². The number of carbonyl (C=O) groups is 2. The fourth-order valence-electron chi connectivity index (χ4n) is 3.77. The average molecular weight is 415 g/mol. The van der Waals surface area contributed by atoms with Crippen molar-refractivity contribution in [2.45, 2.75) is 19.9 Å². The molecule has 2 N–H and O–H groups in total. The van der Waals surface area contributed by atoms with E-state index in [1.807, 2.05) is 30.0 Å². The second-order valence-corrected chi connectivity index (χ2v) is 7.58. The van der Waals surface area contributed by atoms with Crippen molar-refractivity contribution in [3.8, 4) is 5.75 Å². The molecule has 0 spiro atoms. The van der Waals surface area contributed by atoms with Gasteiger partial charge in [0.25, 0.3) is 5.91 Å². The van der Waals surface area contributed by atoms with Crippen molar-refractivity contribution in [3.05, 3.63) is 65.0 Å². The molecule has 0 saturated carbocycles. The van der Waals surface area contributed by atoms with Gasteiger partial charge in [0.1, 0.15) is 18.1 Å². The number of hydrogen-bond acceptors (Lipinski definition) is 3. The van der Waals surface area contributed by atoms with Crippen molar-refractivity contribution in [1.82, 2.24) is 10.2 Å². The molecule has 0 aliphatic carbocycles. The van der Waals surface area contributed by atoms with Crippen LogP contribution in [0.5, 0.6) is 5.75 Å². The van der Waals surface area contributed by atoms with Crippen LogP contribution in [0, 0.1) is 12.7 Å². The normalized spacial score (nSPS) is 14.4. The molecule has 7 heteroatoms. The van der Waals surface area contributed by atoms with Gasteiger partial charge in [-0.15, -0.1) is 0 Å². The molecule has 0 atom stereocenters. The Balaban J connectivity index is 1.43. The van der Waals surface area contributed by atoms with Gasteiger partial charge in [-0.1, -0.05) is 18.2 Å². The van der Waals surface area contributed by atoms with Gasteiger partial charge >= 0.3 is 0 Å². The Hall–Kier alpha value is -2.93. The predicted octanol–water partition coefficient (Wildman–Crippen LogP) is 1.19. The molecule has 0 unspecified atom stereocenters. The van der Waals surface area contributed by atoms with Gasteiger partial charge in [-0.2, -0.15) is 0 Å². The number of nitrogens with zero attached hydrogens (tertiary/aromatic N) is 1. The molecule has 0 radical (unpaired) electrons. The fraction of sp³-hybridized carbons (Fsp3) is 0.391. The second-order valence-electron chi connectivity index (χ2n) is 7.58. The Bertz CT molecular complexity index is 895. The smallest absolute Gasteiger partial charge is 0.251 e. The van der Waals surface area contributed by atoms with Gasteiger partial charge in [-0.05, 0) is 36.8 Å². The second kappa shape index (κ2) is 10.2. The van der Waals surface area contributed by atoms with Gasteiger partial charge in [0, 0.05) is 18.5 Å². The van der Waals surface area contributed by atoms with E-state index in [9.17, 15) is 14.0 Å². The summed E-state index contributed by atoms with van der Waals surface area (Å²) in [7, 11) is 1.58. The monoisotopic (exact) mass is 414 g/mol. The summed E-state index contributed by atoms with van der Waals surface area (Å²) in [6.45, 7) is 5.76. The standard InChI is InChI=1S/C23H28FN3O3/c1-17-5-3-4-6-20(17)23(29)25-10-9-22(28)27-13-11-26(12-14-27)16-18-15-19(24)7-8-21(18)30-2/h3-8,15H,9-14,16H2,1-2H3,(H,25,29)/p+1. The third kappa shape index (κ3) is 5.57. The van der Waals surface area contributed by atoms with Crippen molar-refractivity contribution >= 4 is 11.8 Å². The first-order valence-corrected chi connectivity index (χ1v) is 10.3. The lowest BCUT2D eigenvalue weighted by Gasteiger charge is -2.32. The van der Waals surface area contributed by atoms with E-state index < -0.39 is 0 Å². The summed E-state index contributed by atoms with van der Waals surface area (Å²) >= 11 is 0. The summed E-state index contributed by atoms with van der Waals surface area (Å²) in [6.07, 6.45) is 0.282. The van der Waals surface area contributed by atoms with Crippen LogP contribution in [0.3, 0.4) is 0 Å². The first-order chi connectivity index (χ1) is 14.5. The molecule has 1 heterocycles. The zero-order valence-corrected chi connectivity index (χ0v) is 17.5. The quantitative estimate of drug-likeness (QED) is 0.716. The lowest BCUT2D eigenvalue weighted by Crippen LogP contribution is -3.13. The van der Waals surface area contributed by atoms with E-state index in [-0.39, 0.29) is 24.1 Å². The highest BCUT2D eigenvalue weighted by molar-refractivity contribution is 5.95. The number of benzene rings is 2. The minimum atomic E-state index is -0.272. The maximum absolute atomic E-state index is 13.6. The summed E-state index contributed by atoms with van der Waals surface area (Å²) < 4.78 is 18.9. The molecule has 3 rings (SSSR count). The van der Waals surface area contributed by atoms with Gasteiger partial charge in [0.2, 0.25) is 5.91 Å². The highest BCUT2D eigenvalue weighted by Gasteiger charge is 2.24. The van der Waals surface area contributed by atoms with Crippen LogP contribution in [-0.2, 0) is 11.3 Å². The summed E-state index contributed by atoms with van der Waals surface area (Å²) in [6, 6.07) is 11.9. The predicted molar refractivity (Wildman–Crippen MR) is 112 cm³/mol. The van der Waals surface area contributed by atoms with Crippen LogP contribution in [0.4, 0.5) is 4.39 Å². The SMILES string of the molecule is COc1ccc(F)cc1C[NH+]1CCN(C(=O)CCNC(=O)c2ccccc2C)CC1. The number of ether oxygens (including phenoxy) is 1. The Morgan fingerprint density at radius 2 is 1.90 bits per heavy atom. The lowest BCUT2D eigenvalue weighted by atomic mass is 10.1. The molecule has 1 fully saturated rings. The van der Waals surface area contributed by atoms with Gasteiger partial charge < -0.3 is 19.9 Å². The average Bonchev–Trinajstić information content (AvgIpc) is 2.74. The third-order valence-corrected chi connectivity index (χ3v) is 5.52. The molecule has 0 aromatic heterocycles. The number of nitrogens with one attached hydrogen (secondary N) is 2. The number of carbonyl (C=O) groups excluding carboxylic acids is 2. The molecule has 160 valence electrons. The first kappa shape index (κ1) is 21.8. The largest absolute Gasteiger partial charge is 0.496 e. The highest BCUT2D eigenvalue weighted by Crippen LogP contribution is 2.18. The number of amides is 2. The number of hydrogen-bond donors (Lipinski definition) is 2. The molecule has 1 aliphatic heterocycles. The molecule has 30 heavy (non-hydrogen) atoms. The number of aryl methyl sites for hydroxylation is 1. The zero-order chi connectivity index (χ0) is 21.5. The van der Waals surface area contributed by atoms with Gasteiger partial charge in [-0.25, -0.2) is 4.39 Å². The summed E-state index contributed by atoms with van der Waals surface area (Å²) in [5, 5.41) is 2.83. The van der Waals surface area contributed by atoms with Crippen LogP contribution < -0.4 is 15.0 Å². The first-order valence-electron chi connectivity index (χ1n) is 10.3. The van der Waals surface area contributed by atoms with Crippen LogP contribution in [0.25, 0.3) is 0 Å². The van der Waals surface area contributed by atoms with Crippen LogP contribution >= 0.6 is 0 Å². The summed E-state index contributed by atoms with van der Waals surface area (Å²) in [5.74, 6) is 0.306. The van der Waals surface area contributed by atoms with Crippen molar-refractivity contribution in [2.75, 3.05) is 39.8 Å². The molecule has 2 aromatic rings. The molecule has 2 amide bonds. The molecule has 1 saturated heterocycles. The van der Waals surface area contributed by atoms with E-state index in [0.29, 0.717) is 37.5 Å². The maximum atomic E-state index is 13.6. The topological polar surface area (TPSA) is 63.1 Å². The Labute approximate surface area is 176 Å². The third-order valence-electron chi connectivity index (χ3n) is 5.52. The molecular formula is C23H29FN3O3+. The minimum Gasteiger partial charge on any atom is -0.496 e. The number of halogens is 1. The molecule has 2 aromatic carbocycles. The van der Waals surface area contributed by atoms with E-state index >= 15 is 0 Å². The fourth-order valence-corrected chi connectivity index (χ4v) is 3.77. The van der Waals surface area contributed by atoms with Crippen LogP contribution in [0.2, 0.25) is 0 Å². The maximum Gasteiger partial charge on any atom is 0.251 e. The minimum absolute atomic E-state index is 0.0440. The summed E-state index contributed by atoms with van der Waals surface area (Å²) in [4.78, 5) is 27.9. The van der Waals surface area contributed by atoms with Crippen molar-refractivity contribution in [3.63, 3.8) is 0 Å². The van der Waals surface area contributed by atoms with Gasteiger partial charge in [0.15, 0.2) is 0 Å². The van der Waals surface area contributed by atoms with Crippen LogP contribution in [0.15, 0.2) is 42.5 Å².